The van der Waals surface area contributed by atoms with Gasteiger partial charge in [-0.3, -0.25) is 0 Å². The molecular weight excluding hydrogens is 453 g/mol. The molecule has 26 heavy (non-hydrogen) atoms. The van der Waals surface area contributed by atoms with Crippen molar-refractivity contribution < 1.29 is 20.4 Å². The zero-order valence-corrected chi connectivity index (χ0v) is 18.1. The summed E-state index contributed by atoms with van der Waals surface area (Å²) in [5.41, 5.74) is 0. The monoisotopic (exact) mass is 468 g/mol. The molecule has 2 aromatic carbocycles. The van der Waals surface area contributed by atoms with Gasteiger partial charge in [0.05, 0.1) is 0 Å². The van der Waals surface area contributed by atoms with Crippen LogP contribution in [0.15, 0.2) is 48.5 Å². The van der Waals surface area contributed by atoms with E-state index in [2.05, 4.69) is 0 Å². The zero-order valence-electron chi connectivity index (χ0n) is 13.2. The number of aliphatic hydroxyl groups is 4. The van der Waals surface area contributed by atoms with Crippen LogP contribution in [0.1, 0.15) is 0 Å². The second-order valence-electron chi connectivity index (χ2n) is 6.25. The van der Waals surface area contributed by atoms with Crippen molar-refractivity contribution in [1.82, 2.24) is 0 Å². The summed E-state index contributed by atoms with van der Waals surface area (Å²) in [6.07, 6.45) is 0. The third-order valence-electron chi connectivity index (χ3n) is 4.89. The summed E-state index contributed by atoms with van der Waals surface area (Å²) >= 11 is 11.9. The molecule has 2 aliphatic rings. The van der Waals surface area contributed by atoms with Gasteiger partial charge in [0, 0.05) is 0 Å². The molecule has 0 aromatic heterocycles. The summed E-state index contributed by atoms with van der Waals surface area (Å²) in [6, 6.07) is 13.7. The van der Waals surface area contributed by atoms with Crippen LogP contribution in [-0.4, -0.2) is 43.8 Å². The molecule has 2 heterocycles. The van der Waals surface area contributed by atoms with Gasteiger partial charge in [0.2, 0.25) is 0 Å². The van der Waals surface area contributed by atoms with Crippen molar-refractivity contribution in [2.75, 3.05) is 0 Å². The summed E-state index contributed by atoms with van der Waals surface area (Å²) in [7, 11) is 1.19. The predicted octanol–water partition coefficient (Wildman–Crippen LogP) is 3.49. The van der Waals surface area contributed by atoms with Gasteiger partial charge in [-0.2, -0.15) is 0 Å². The second kappa shape index (κ2) is 6.74. The first-order valence-corrected chi connectivity index (χ1v) is 15.7. The normalized spacial score (nSPS) is 36.2. The van der Waals surface area contributed by atoms with Crippen LogP contribution in [0.2, 0.25) is 10.0 Å². The van der Waals surface area contributed by atoms with Crippen LogP contribution in [0, 0.1) is 0 Å². The Bertz CT molecular complexity index is 815. The maximum atomic E-state index is 11.2. The van der Waals surface area contributed by atoms with E-state index in [1.807, 2.05) is 0 Å². The number of hydrogen-bond donors (Lipinski definition) is 4. The van der Waals surface area contributed by atoms with E-state index in [0.29, 0.717) is 15.3 Å². The molecule has 0 aliphatic carbocycles. The van der Waals surface area contributed by atoms with E-state index < -0.39 is 36.3 Å². The van der Waals surface area contributed by atoms with Crippen molar-refractivity contribution in [3.8, 4) is 0 Å². The molecule has 4 unspecified atom stereocenters. The molecule has 0 bridgehead atoms. The summed E-state index contributed by atoms with van der Waals surface area (Å²) in [4.78, 5) is 0. The van der Waals surface area contributed by atoms with Crippen molar-refractivity contribution in [2.45, 2.75) is 23.4 Å². The van der Waals surface area contributed by atoms with Crippen LogP contribution < -0.4 is 10.6 Å². The third kappa shape index (κ3) is 2.63. The third-order valence-corrected chi connectivity index (χ3v) is 24.6. The number of benzene rings is 2. The van der Waals surface area contributed by atoms with E-state index in [0.717, 1.165) is 5.30 Å². The predicted molar refractivity (Wildman–Crippen MR) is 115 cm³/mol. The van der Waals surface area contributed by atoms with Gasteiger partial charge in [0.15, 0.2) is 0 Å². The van der Waals surface area contributed by atoms with Crippen LogP contribution in [-0.2, 0) is 0 Å². The Morgan fingerprint density at radius 1 is 0.731 bits per heavy atom. The van der Waals surface area contributed by atoms with Gasteiger partial charge in [-0.15, -0.1) is 0 Å². The first-order valence-electron chi connectivity index (χ1n) is 7.73. The van der Waals surface area contributed by atoms with Crippen LogP contribution in [0.4, 0.5) is 0 Å². The molecule has 2 aliphatic heterocycles. The Morgan fingerprint density at radius 2 is 1.15 bits per heavy atom. The average Bonchev–Trinajstić information content (AvgIpc) is 3.40. The van der Waals surface area contributed by atoms with Crippen LogP contribution >= 0.6 is 57.0 Å². The van der Waals surface area contributed by atoms with E-state index in [9.17, 15) is 20.4 Å². The van der Waals surface area contributed by atoms with Crippen molar-refractivity contribution in [3.05, 3.63) is 58.6 Å². The second-order valence-corrected chi connectivity index (χ2v) is 22.5. The molecule has 1 spiro atoms. The Balaban J connectivity index is 1.79. The molecule has 4 atom stereocenters. The van der Waals surface area contributed by atoms with Crippen molar-refractivity contribution in [2.24, 2.45) is 0 Å². The molecule has 0 amide bonds. The zero-order chi connectivity index (χ0) is 18.7. The number of hydrogen-bond acceptors (Lipinski definition) is 6. The minimum absolute atomic E-state index is 0.544. The molecule has 2 aromatic rings. The molecule has 0 radical (unpaired) electrons. The molecule has 4 N–H and O–H groups in total. The fourth-order valence-corrected chi connectivity index (χ4v) is 25.3. The van der Waals surface area contributed by atoms with Crippen molar-refractivity contribution >= 4 is 67.6 Å². The van der Waals surface area contributed by atoms with E-state index in [-0.39, 0.29) is 0 Å². The number of rotatable bonds is 2. The van der Waals surface area contributed by atoms with Gasteiger partial charge in [-0.25, -0.2) is 0 Å². The Morgan fingerprint density at radius 3 is 1.58 bits per heavy atom. The fourth-order valence-electron chi connectivity index (χ4n) is 3.38. The standard InChI is InChI=1S/C16H16Cl2O4P2S2/c17-9-1-5-11(6-2-9)23-13(19)15(21)24(25-26-24,16(22)14(23)20)12-7-3-10(18)4-8-12/h1-8,13-16,19-22H. The molecule has 4 nitrogen and oxygen atoms in total. The first-order chi connectivity index (χ1) is 12.3. The van der Waals surface area contributed by atoms with Crippen molar-refractivity contribution in [1.29, 1.82) is 0 Å². The van der Waals surface area contributed by atoms with Gasteiger partial charge >= 0.3 is 170 Å². The average molecular weight is 469 g/mol. The summed E-state index contributed by atoms with van der Waals surface area (Å²) < 4.78 is 0. The summed E-state index contributed by atoms with van der Waals surface area (Å²) in [5.74, 6) is -4.59. The first kappa shape index (κ1) is 19.7. The molecule has 4 rings (SSSR count). The Hall–Kier alpha value is 0.420. The fraction of sp³-hybridized carbons (Fsp3) is 0.250. The van der Waals surface area contributed by atoms with Gasteiger partial charge in [-0.05, 0) is 0 Å². The van der Waals surface area contributed by atoms with Crippen LogP contribution in [0.25, 0.3) is 0 Å². The van der Waals surface area contributed by atoms with E-state index >= 15 is 0 Å². The Kier molecular flexibility index (Phi) is 5.11. The van der Waals surface area contributed by atoms with Gasteiger partial charge in [0.1, 0.15) is 0 Å². The number of halogens is 2. The molecule has 10 heteroatoms. The summed E-state index contributed by atoms with van der Waals surface area (Å²) in [5, 5.41) is 43.4. The van der Waals surface area contributed by atoms with E-state index in [1.54, 1.807) is 48.5 Å². The maximum absolute atomic E-state index is 11.2. The van der Waals surface area contributed by atoms with E-state index in [4.69, 9.17) is 23.2 Å². The van der Waals surface area contributed by atoms with Crippen molar-refractivity contribution in [3.63, 3.8) is 0 Å². The Labute approximate surface area is 169 Å². The molecular formula is C16H16Cl2O4P2S2. The van der Waals surface area contributed by atoms with E-state index in [1.165, 1.54) is 20.8 Å². The quantitative estimate of drug-likeness (QED) is 0.307. The molecule has 0 saturated carbocycles. The van der Waals surface area contributed by atoms with Gasteiger partial charge in [-0.1, -0.05) is 0 Å². The number of aliphatic hydroxyl groups excluding tert-OH is 4. The summed E-state index contributed by atoms with van der Waals surface area (Å²) in [6.45, 7) is 0. The van der Waals surface area contributed by atoms with Crippen LogP contribution in [0.3, 0.4) is 0 Å². The molecule has 2 fully saturated rings. The minimum atomic E-state index is -3.43. The molecule has 2 saturated heterocycles. The SMILES string of the molecule is OC1C(O)P2(c3ccc(Cl)cc3)(SS2)C(O)C(O)P1c1ccc(Cl)cc1. The van der Waals surface area contributed by atoms with Gasteiger partial charge in [0.25, 0.3) is 0 Å². The van der Waals surface area contributed by atoms with Gasteiger partial charge < -0.3 is 0 Å². The van der Waals surface area contributed by atoms with Crippen LogP contribution in [0.5, 0.6) is 0 Å². The molecule has 140 valence electrons. The topological polar surface area (TPSA) is 80.9 Å².